The van der Waals surface area contributed by atoms with Crippen LogP contribution in [0.2, 0.25) is 0 Å². The molecule has 1 amide bonds. The number of pyridine rings is 1. The molecule has 29 heavy (non-hydrogen) atoms. The predicted octanol–water partition coefficient (Wildman–Crippen LogP) is 3.91. The van der Waals surface area contributed by atoms with Crippen molar-refractivity contribution in [2.75, 3.05) is 6.54 Å². The van der Waals surface area contributed by atoms with E-state index in [-0.39, 0.29) is 11.9 Å². The lowest BCUT2D eigenvalue weighted by atomic mass is 10.1. The van der Waals surface area contributed by atoms with E-state index in [9.17, 15) is 4.79 Å². The SMILES string of the molecule is CCCn1ncc2c(C(=O)NCC[C@H](C)n3nc(C)cc3C)cc(C3CC3)nc21. The van der Waals surface area contributed by atoms with Crippen molar-refractivity contribution >= 4 is 16.9 Å². The van der Waals surface area contributed by atoms with Gasteiger partial charge in [0.05, 0.1) is 28.9 Å². The molecule has 3 heterocycles. The van der Waals surface area contributed by atoms with Gasteiger partial charge in [0.15, 0.2) is 5.65 Å². The Morgan fingerprint density at radius 3 is 2.76 bits per heavy atom. The predicted molar refractivity (Wildman–Crippen MR) is 113 cm³/mol. The minimum absolute atomic E-state index is 0.0454. The molecule has 7 heteroatoms. The summed E-state index contributed by atoms with van der Waals surface area (Å²) in [5.41, 5.74) is 4.72. The molecule has 1 aliphatic rings. The number of rotatable bonds is 8. The van der Waals surface area contributed by atoms with Crippen LogP contribution < -0.4 is 5.32 Å². The Labute approximate surface area is 171 Å². The van der Waals surface area contributed by atoms with E-state index in [1.807, 2.05) is 22.4 Å². The highest BCUT2D eigenvalue weighted by Gasteiger charge is 2.28. The zero-order chi connectivity index (χ0) is 20.5. The van der Waals surface area contributed by atoms with Gasteiger partial charge in [-0.2, -0.15) is 10.2 Å². The average Bonchev–Trinajstić information content (AvgIpc) is 3.38. The summed E-state index contributed by atoms with van der Waals surface area (Å²) < 4.78 is 3.95. The van der Waals surface area contributed by atoms with E-state index in [0.29, 0.717) is 18.0 Å². The van der Waals surface area contributed by atoms with Crippen LogP contribution in [-0.2, 0) is 6.54 Å². The molecule has 0 aromatic carbocycles. The maximum Gasteiger partial charge on any atom is 0.252 e. The molecule has 1 aliphatic carbocycles. The normalized spacial score (nSPS) is 15.0. The summed E-state index contributed by atoms with van der Waals surface area (Å²) in [4.78, 5) is 17.8. The number of nitrogens with one attached hydrogen (secondary N) is 1. The van der Waals surface area contributed by atoms with Crippen LogP contribution in [0.25, 0.3) is 11.0 Å². The maximum absolute atomic E-state index is 13.0. The fourth-order valence-corrected chi connectivity index (χ4v) is 3.92. The smallest absolute Gasteiger partial charge is 0.252 e. The summed E-state index contributed by atoms with van der Waals surface area (Å²) in [6, 6.07) is 4.28. The van der Waals surface area contributed by atoms with Crippen LogP contribution in [0.3, 0.4) is 0 Å². The molecule has 3 aromatic rings. The number of aryl methyl sites for hydroxylation is 3. The molecule has 3 aromatic heterocycles. The number of carbonyl (C=O) groups excluding carboxylic acids is 1. The maximum atomic E-state index is 13.0. The van der Waals surface area contributed by atoms with Gasteiger partial charge in [-0.05, 0) is 58.6 Å². The fourth-order valence-electron chi connectivity index (χ4n) is 3.92. The molecule has 4 rings (SSSR count). The van der Waals surface area contributed by atoms with E-state index in [2.05, 4.69) is 42.4 Å². The first-order valence-corrected chi connectivity index (χ1v) is 10.6. The zero-order valence-electron chi connectivity index (χ0n) is 17.8. The number of fused-ring (bicyclic) bond motifs is 1. The number of hydrogen-bond donors (Lipinski definition) is 1. The van der Waals surface area contributed by atoms with Gasteiger partial charge in [-0.15, -0.1) is 0 Å². The van der Waals surface area contributed by atoms with Gasteiger partial charge in [-0.3, -0.25) is 9.48 Å². The first-order valence-electron chi connectivity index (χ1n) is 10.6. The van der Waals surface area contributed by atoms with Crippen LogP contribution in [0.4, 0.5) is 0 Å². The van der Waals surface area contributed by atoms with Crippen molar-refractivity contribution in [2.24, 2.45) is 0 Å². The molecule has 1 N–H and O–H groups in total. The first-order chi connectivity index (χ1) is 14.0. The minimum atomic E-state index is -0.0454. The summed E-state index contributed by atoms with van der Waals surface area (Å²) >= 11 is 0. The summed E-state index contributed by atoms with van der Waals surface area (Å²) in [5, 5.41) is 13.0. The zero-order valence-corrected chi connectivity index (χ0v) is 17.8. The fraction of sp³-hybridized carbons (Fsp3) is 0.545. The molecule has 0 bridgehead atoms. The lowest BCUT2D eigenvalue weighted by molar-refractivity contribution is 0.0953. The molecule has 1 fully saturated rings. The quantitative estimate of drug-likeness (QED) is 0.628. The van der Waals surface area contributed by atoms with Gasteiger partial charge in [0, 0.05) is 30.4 Å². The van der Waals surface area contributed by atoms with Crippen LogP contribution in [-0.4, -0.2) is 37.0 Å². The number of amides is 1. The Hall–Kier alpha value is -2.70. The summed E-state index contributed by atoms with van der Waals surface area (Å²) in [6.45, 7) is 9.74. The topological polar surface area (TPSA) is 77.6 Å². The molecule has 0 radical (unpaired) electrons. The van der Waals surface area contributed by atoms with Crippen molar-refractivity contribution in [3.05, 3.63) is 41.0 Å². The second-order valence-corrected chi connectivity index (χ2v) is 8.24. The minimum Gasteiger partial charge on any atom is -0.352 e. The van der Waals surface area contributed by atoms with E-state index in [0.717, 1.165) is 60.3 Å². The molecular formula is C22H30N6O. The second kappa shape index (κ2) is 7.97. The first kappa shape index (κ1) is 19.6. The second-order valence-electron chi connectivity index (χ2n) is 8.24. The van der Waals surface area contributed by atoms with Crippen LogP contribution in [0.15, 0.2) is 18.3 Å². The van der Waals surface area contributed by atoms with E-state index in [1.165, 1.54) is 0 Å². The van der Waals surface area contributed by atoms with Gasteiger partial charge in [-0.1, -0.05) is 6.92 Å². The van der Waals surface area contributed by atoms with Crippen molar-refractivity contribution in [2.45, 2.75) is 71.9 Å². The highest BCUT2D eigenvalue weighted by molar-refractivity contribution is 6.05. The van der Waals surface area contributed by atoms with Gasteiger partial charge < -0.3 is 5.32 Å². The third-order valence-corrected chi connectivity index (χ3v) is 5.61. The lowest BCUT2D eigenvalue weighted by Crippen LogP contribution is -2.27. The lowest BCUT2D eigenvalue weighted by Gasteiger charge is -2.15. The van der Waals surface area contributed by atoms with Gasteiger partial charge in [-0.25, -0.2) is 9.67 Å². The van der Waals surface area contributed by atoms with Gasteiger partial charge in [0.1, 0.15) is 0 Å². The van der Waals surface area contributed by atoms with Crippen LogP contribution >= 0.6 is 0 Å². The molecule has 1 atom stereocenters. The van der Waals surface area contributed by atoms with Crippen molar-refractivity contribution in [3.8, 4) is 0 Å². The molecule has 0 aliphatic heterocycles. The Kier molecular flexibility index (Phi) is 5.39. The monoisotopic (exact) mass is 394 g/mol. The third-order valence-electron chi connectivity index (χ3n) is 5.61. The number of nitrogens with zero attached hydrogens (tertiary/aromatic N) is 5. The molecule has 7 nitrogen and oxygen atoms in total. The van der Waals surface area contributed by atoms with E-state index < -0.39 is 0 Å². The van der Waals surface area contributed by atoms with Crippen LogP contribution in [0, 0.1) is 13.8 Å². The van der Waals surface area contributed by atoms with Crippen molar-refractivity contribution in [1.29, 1.82) is 0 Å². The molecule has 0 unspecified atom stereocenters. The van der Waals surface area contributed by atoms with Crippen LogP contribution in [0.1, 0.15) is 78.9 Å². The molecule has 0 spiro atoms. The number of aromatic nitrogens is 5. The largest absolute Gasteiger partial charge is 0.352 e. The molecule has 1 saturated carbocycles. The Morgan fingerprint density at radius 2 is 2.10 bits per heavy atom. The molecular weight excluding hydrogens is 364 g/mol. The van der Waals surface area contributed by atoms with Crippen molar-refractivity contribution < 1.29 is 4.79 Å². The van der Waals surface area contributed by atoms with Gasteiger partial charge in [0.2, 0.25) is 0 Å². The standard InChI is InChI=1S/C22H30N6O/c1-5-10-27-21-19(13-24-27)18(12-20(25-21)17-6-7-17)22(29)23-9-8-15(3)28-16(4)11-14(2)26-28/h11-13,15,17H,5-10H2,1-4H3,(H,23,29)/t15-/m0/s1. The van der Waals surface area contributed by atoms with E-state index >= 15 is 0 Å². The summed E-state index contributed by atoms with van der Waals surface area (Å²) in [7, 11) is 0. The average molecular weight is 395 g/mol. The van der Waals surface area contributed by atoms with E-state index in [4.69, 9.17) is 4.98 Å². The summed E-state index contributed by atoms with van der Waals surface area (Å²) in [6.07, 6.45) is 5.90. The molecule has 0 saturated heterocycles. The highest BCUT2D eigenvalue weighted by atomic mass is 16.1. The van der Waals surface area contributed by atoms with Crippen molar-refractivity contribution in [1.82, 2.24) is 29.9 Å². The Morgan fingerprint density at radius 1 is 1.31 bits per heavy atom. The highest BCUT2D eigenvalue weighted by Crippen LogP contribution is 2.40. The Balaban J connectivity index is 1.50. The van der Waals surface area contributed by atoms with Crippen LogP contribution in [0.5, 0.6) is 0 Å². The Bertz CT molecular complexity index is 1030. The number of hydrogen-bond acceptors (Lipinski definition) is 4. The van der Waals surface area contributed by atoms with Gasteiger partial charge >= 0.3 is 0 Å². The summed E-state index contributed by atoms with van der Waals surface area (Å²) in [5.74, 6) is 0.442. The third kappa shape index (κ3) is 4.04. The van der Waals surface area contributed by atoms with E-state index in [1.54, 1.807) is 6.20 Å². The number of carbonyl (C=O) groups is 1. The van der Waals surface area contributed by atoms with Gasteiger partial charge in [0.25, 0.3) is 5.91 Å². The van der Waals surface area contributed by atoms with Crippen molar-refractivity contribution in [3.63, 3.8) is 0 Å². The molecule has 154 valence electrons.